The molecule has 0 aromatic carbocycles. The molecule has 0 aromatic rings. The van der Waals surface area contributed by atoms with E-state index in [2.05, 4.69) is 6.92 Å². The molecule has 106 valence electrons. The lowest BCUT2D eigenvalue weighted by Gasteiger charge is -2.06. The fraction of sp³-hybridized carbons (Fsp3) is 0.938. The van der Waals surface area contributed by atoms with E-state index in [4.69, 9.17) is 4.74 Å². The van der Waals surface area contributed by atoms with Crippen molar-refractivity contribution in [2.24, 2.45) is 5.92 Å². The number of Topliss-reactive ketones (excluding diaryl/α,β-unsaturated/α-hetero) is 1. The Labute approximate surface area is 112 Å². The summed E-state index contributed by atoms with van der Waals surface area (Å²) in [4.78, 5) is 11.7. The molecule has 1 atom stereocenters. The number of ether oxygens (including phenoxy) is 1. The molecule has 1 aliphatic heterocycles. The lowest BCUT2D eigenvalue weighted by Crippen LogP contribution is -2.08. The molecule has 0 N–H and O–H groups in total. The molecule has 0 bridgehead atoms. The van der Waals surface area contributed by atoms with Crippen molar-refractivity contribution in [2.75, 3.05) is 13.2 Å². The van der Waals surface area contributed by atoms with Crippen LogP contribution in [0.2, 0.25) is 0 Å². The lowest BCUT2D eigenvalue weighted by molar-refractivity contribution is -0.120. The van der Waals surface area contributed by atoms with Crippen molar-refractivity contribution in [3.63, 3.8) is 0 Å². The predicted octanol–water partition coefficient (Wildman–Crippen LogP) is 4.51. The van der Waals surface area contributed by atoms with Gasteiger partial charge in [0.25, 0.3) is 0 Å². The Kier molecular flexibility index (Phi) is 9.19. The SMILES string of the molecule is CCCCCCCCCCC(=O)CC1CCOC1. The predicted molar refractivity (Wildman–Crippen MR) is 75.8 cm³/mol. The molecule has 0 spiro atoms. The molecule has 0 saturated carbocycles. The lowest BCUT2D eigenvalue weighted by atomic mass is 9.98. The highest BCUT2D eigenvalue weighted by Crippen LogP contribution is 2.18. The Morgan fingerprint density at radius 2 is 1.72 bits per heavy atom. The third kappa shape index (κ3) is 7.86. The van der Waals surface area contributed by atoms with E-state index in [9.17, 15) is 4.79 Å². The molecule has 1 fully saturated rings. The zero-order valence-corrected chi connectivity index (χ0v) is 12.1. The van der Waals surface area contributed by atoms with E-state index in [1.54, 1.807) is 0 Å². The molecule has 1 aliphatic rings. The fourth-order valence-electron chi connectivity index (χ4n) is 2.62. The first-order valence-electron chi connectivity index (χ1n) is 7.92. The summed E-state index contributed by atoms with van der Waals surface area (Å²) >= 11 is 0. The van der Waals surface area contributed by atoms with Crippen molar-refractivity contribution in [1.29, 1.82) is 0 Å². The molecular formula is C16H30O2. The first kappa shape index (κ1) is 15.7. The second kappa shape index (κ2) is 10.5. The summed E-state index contributed by atoms with van der Waals surface area (Å²) < 4.78 is 5.30. The van der Waals surface area contributed by atoms with Gasteiger partial charge in [0.1, 0.15) is 5.78 Å². The number of rotatable bonds is 11. The van der Waals surface area contributed by atoms with Gasteiger partial charge in [-0.1, -0.05) is 51.9 Å². The van der Waals surface area contributed by atoms with E-state index < -0.39 is 0 Å². The maximum absolute atomic E-state index is 11.7. The Morgan fingerprint density at radius 3 is 2.33 bits per heavy atom. The summed E-state index contributed by atoms with van der Waals surface area (Å²) in [6.07, 6.45) is 13.1. The van der Waals surface area contributed by atoms with E-state index >= 15 is 0 Å². The van der Waals surface area contributed by atoms with Crippen molar-refractivity contribution in [3.05, 3.63) is 0 Å². The number of carbonyl (C=O) groups is 1. The van der Waals surface area contributed by atoms with Gasteiger partial charge < -0.3 is 4.74 Å². The minimum atomic E-state index is 0.455. The maximum atomic E-state index is 11.7. The molecule has 0 radical (unpaired) electrons. The van der Waals surface area contributed by atoms with Crippen LogP contribution in [0.3, 0.4) is 0 Å². The number of unbranched alkanes of at least 4 members (excludes halogenated alkanes) is 7. The van der Waals surface area contributed by atoms with Crippen molar-refractivity contribution in [3.8, 4) is 0 Å². The molecule has 1 rings (SSSR count). The highest BCUT2D eigenvalue weighted by Gasteiger charge is 2.18. The Balaban J connectivity index is 1.83. The molecule has 0 aliphatic carbocycles. The largest absolute Gasteiger partial charge is 0.381 e. The molecule has 2 nitrogen and oxygen atoms in total. The molecule has 1 unspecified atom stereocenters. The summed E-state index contributed by atoms with van der Waals surface area (Å²) in [7, 11) is 0. The minimum absolute atomic E-state index is 0.455. The van der Waals surface area contributed by atoms with Gasteiger partial charge in [-0.25, -0.2) is 0 Å². The summed E-state index contributed by atoms with van der Waals surface area (Å²) in [5.41, 5.74) is 0. The van der Waals surface area contributed by atoms with Crippen molar-refractivity contribution < 1.29 is 9.53 Å². The minimum Gasteiger partial charge on any atom is -0.381 e. The monoisotopic (exact) mass is 254 g/mol. The first-order chi connectivity index (χ1) is 8.83. The van der Waals surface area contributed by atoms with Crippen LogP contribution in [0.5, 0.6) is 0 Å². The summed E-state index contributed by atoms with van der Waals surface area (Å²) in [6, 6.07) is 0. The molecule has 0 amide bonds. The van der Waals surface area contributed by atoms with E-state index in [1.807, 2.05) is 0 Å². The van der Waals surface area contributed by atoms with Gasteiger partial charge in [-0.15, -0.1) is 0 Å². The molecule has 2 heteroatoms. The van der Waals surface area contributed by atoms with Gasteiger partial charge in [-0.3, -0.25) is 4.79 Å². The summed E-state index contributed by atoms with van der Waals surface area (Å²) in [6.45, 7) is 3.92. The van der Waals surface area contributed by atoms with Crippen LogP contribution in [0, 0.1) is 5.92 Å². The second-order valence-corrected chi connectivity index (χ2v) is 5.70. The molecule has 1 saturated heterocycles. The first-order valence-corrected chi connectivity index (χ1v) is 7.92. The quantitative estimate of drug-likeness (QED) is 0.507. The average molecular weight is 254 g/mol. The van der Waals surface area contributed by atoms with Crippen LogP contribution in [-0.4, -0.2) is 19.0 Å². The zero-order chi connectivity index (χ0) is 13.1. The van der Waals surface area contributed by atoms with E-state index in [1.165, 1.54) is 44.9 Å². The van der Waals surface area contributed by atoms with Crippen LogP contribution in [0.15, 0.2) is 0 Å². The topological polar surface area (TPSA) is 26.3 Å². The Hall–Kier alpha value is -0.370. The van der Waals surface area contributed by atoms with E-state index in [0.717, 1.165) is 38.9 Å². The van der Waals surface area contributed by atoms with Gasteiger partial charge in [-0.05, 0) is 18.8 Å². The molecule has 0 aromatic heterocycles. The fourth-order valence-corrected chi connectivity index (χ4v) is 2.62. The van der Waals surface area contributed by atoms with E-state index in [0.29, 0.717) is 11.7 Å². The van der Waals surface area contributed by atoms with Crippen molar-refractivity contribution in [1.82, 2.24) is 0 Å². The maximum Gasteiger partial charge on any atom is 0.133 e. The van der Waals surface area contributed by atoms with Gasteiger partial charge in [0.15, 0.2) is 0 Å². The summed E-state index contributed by atoms with van der Waals surface area (Å²) in [5.74, 6) is 0.975. The highest BCUT2D eigenvalue weighted by molar-refractivity contribution is 5.78. The van der Waals surface area contributed by atoms with Crippen LogP contribution in [0.1, 0.15) is 77.6 Å². The second-order valence-electron chi connectivity index (χ2n) is 5.70. The van der Waals surface area contributed by atoms with E-state index in [-0.39, 0.29) is 0 Å². The summed E-state index contributed by atoms with van der Waals surface area (Å²) in [5, 5.41) is 0. The van der Waals surface area contributed by atoms with Crippen LogP contribution in [-0.2, 0) is 9.53 Å². The van der Waals surface area contributed by atoms with Crippen LogP contribution >= 0.6 is 0 Å². The standard InChI is InChI=1S/C16H30O2/c1-2-3-4-5-6-7-8-9-10-16(17)13-15-11-12-18-14-15/h15H,2-14H2,1H3. The molecule has 1 heterocycles. The number of hydrogen-bond donors (Lipinski definition) is 0. The van der Waals surface area contributed by atoms with Crippen molar-refractivity contribution in [2.45, 2.75) is 77.6 Å². The highest BCUT2D eigenvalue weighted by atomic mass is 16.5. The molecule has 18 heavy (non-hydrogen) atoms. The third-order valence-corrected chi connectivity index (χ3v) is 3.85. The van der Waals surface area contributed by atoms with Gasteiger partial charge in [0.05, 0.1) is 0 Å². The van der Waals surface area contributed by atoms with Crippen molar-refractivity contribution >= 4 is 5.78 Å². The zero-order valence-electron chi connectivity index (χ0n) is 12.1. The Morgan fingerprint density at radius 1 is 1.06 bits per heavy atom. The third-order valence-electron chi connectivity index (χ3n) is 3.85. The van der Waals surface area contributed by atoms with Gasteiger partial charge in [0.2, 0.25) is 0 Å². The van der Waals surface area contributed by atoms with Crippen LogP contribution in [0.4, 0.5) is 0 Å². The smallest absolute Gasteiger partial charge is 0.133 e. The molecular weight excluding hydrogens is 224 g/mol. The number of carbonyl (C=O) groups excluding carboxylic acids is 1. The van der Waals surface area contributed by atoms with Gasteiger partial charge >= 0.3 is 0 Å². The normalized spacial score (nSPS) is 19.3. The Bertz CT molecular complexity index is 207. The number of hydrogen-bond acceptors (Lipinski definition) is 2. The number of ketones is 1. The van der Waals surface area contributed by atoms with Crippen LogP contribution in [0.25, 0.3) is 0 Å². The average Bonchev–Trinajstić information content (AvgIpc) is 2.85. The van der Waals surface area contributed by atoms with Gasteiger partial charge in [-0.2, -0.15) is 0 Å². The van der Waals surface area contributed by atoms with Gasteiger partial charge in [0, 0.05) is 26.1 Å². The van der Waals surface area contributed by atoms with Crippen LogP contribution < -0.4 is 0 Å².